The van der Waals surface area contributed by atoms with Gasteiger partial charge >= 0.3 is 0 Å². The Morgan fingerprint density at radius 3 is 2.38 bits per heavy atom. The van der Waals surface area contributed by atoms with Crippen molar-refractivity contribution in [2.45, 2.75) is 39.7 Å². The van der Waals surface area contributed by atoms with Crippen LogP contribution in [0.3, 0.4) is 0 Å². The van der Waals surface area contributed by atoms with Crippen molar-refractivity contribution in [3.63, 3.8) is 0 Å². The second kappa shape index (κ2) is 13.6. The van der Waals surface area contributed by atoms with Gasteiger partial charge in [0.15, 0.2) is 0 Å². The molecule has 0 aliphatic heterocycles. The van der Waals surface area contributed by atoms with Crippen LogP contribution in [0.1, 0.15) is 49.0 Å². The number of amides is 1. The summed E-state index contributed by atoms with van der Waals surface area (Å²) in [5.74, 6) is 0.763. The monoisotopic (exact) mass is 495 g/mol. The minimum Gasteiger partial charge on any atom is -0.494 e. The number of rotatable bonds is 13. The molecule has 0 radical (unpaired) electrons. The maximum atomic E-state index is 13.3. The van der Waals surface area contributed by atoms with Crippen LogP contribution in [-0.2, 0) is 6.54 Å². The van der Waals surface area contributed by atoms with Gasteiger partial charge in [-0.05, 0) is 68.3 Å². The van der Waals surface area contributed by atoms with E-state index in [4.69, 9.17) is 9.72 Å². The lowest BCUT2D eigenvalue weighted by Gasteiger charge is -2.22. The number of para-hydroxylation sites is 1. The van der Waals surface area contributed by atoms with Crippen LogP contribution in [0.2, 0.25) is 0 Å². The number of ether oxygens (including phenoxy) is 1. The van der Waals surface area contributed by atoms with Crippen LogP contribution < -0.4 is 10.1 Å². The first-order valence-electron chi connectivity index (χ1n) is 13.4. The fourth-order valence-electron chi connectivity index (χ4n) is 4.49. The van der Waals surface area contributed by atoms with Crippen molar-refractivity contribution in [3.8, 4) is 17.0 Å². The molecule has 5 heteroatoms. The quantitative estimate of drug-likeness (QED) is 0.209. The zero-order chi connectivity index (χ0) is 25.9. The van der Waals surface area contributed by atoms with Gasteiger partial charge in [-0.25, -0.2) is 4.98 Å². The molecule has 0 aliphatic carbocycles. The van der Waals surface area contributed by atoms with E-state index in [2.05, 4.69) is 47.5 Å². The van der Waals surface area contributed by atoms with E-state index >= 15 is 0 Å². The zero-order valence-corrected chi connectivity index (χ0v) is 22.0. The molecular formula is C32H37N3O2. The summed E-state index contributed by atoms with van der Waals surface area (Å²) in [5.41, 5.74) is 4.53. The normalized spacial score (nSPS) is 11.1. The molecule has 1 heterocycles. The van der Waals surface area contributed by atoms with Gasteiger partial charge in [-0.2, -0.15) is 0 Å². The summed E-state index contributed by atoms with van der Waals surface area (Å²) in [6.07, 6.45) is 3.25. The van der Waals surface area contributed by atoms with Crippen LogP contribution >= 0.6 is 0 Å². The van der Waals surface area contributed by atoms with E-state index in [0.717, 1.165) is 54.0 Å². The van der Waals surface area contributed by atoms with Crippen molar-refractivity contribution in [2.75, 3.05) is 26.2 Å². The van der Waals surface area contributed by atoms with E-state index < -0.39 is 0 Å². The largest absolute Gasteiger partial charge is 0.494 e. The molecule has 4 rings (SSSR count). The van der Waals surface area contributed by atoms with Crippen LogP contribution in [-0.4, -0.2) is 42.0 Å². The molecule has 0 saturated heterocycles. The minimum absolute atomic E-state index is 0.0612. The predicted molar refractivity (Wildman–Crippen MR) is 152 cm³/mol. The number of nitrogens with one attached hydrogen (secondary N) is 1. The summed E-state index contributed by atoms with van der Waals surface area (Å²) in [7, 11) is 0. The van der Waals surface area contributed by atoms with E-state index in [-0.39, 0.29) is 5.91 Å². The molecule has 0 aliphatic rings. The van der Waals surface area contributed by atoms with Crippen LogP contribution in [0, 0.1) is 0 Å². The smallest absolute Gasteiger partial charge is 0.252 e. The van der Waals surface area contributed by atoms with Gasteiger partial charge in [0.05, 0.1) is 23.4 Å². The second-order valence-corrected chi connectivity index (χ2v) is 9.25. The highest BCUT2D eigenvalue weighted by Gasteiger charge is 2.14. The van der Waals surface area contributed by atoms with Gasteiger partial charge in [-0.15, -0.1) is 0 Å². The van der Waals surface area contributed by atoms with E-state index in [1.807, 2.05) is 61.5 Å². The lowest BCUT2D eigenvalue weighted by Crippen LogP contribution is -2.30. The fourth-order valence-corrected chi connectivity index (χ4v) is 4.49. The highest BCUT2D eigenvalue weighted by molar-refractivity contribution is 6.07. The number of hydrogen-bond acceptors (Lipinski definition) is 4. The van der Waals surface area contributed by atoms with Gasteiger partial charge in [0.25, 0.3) is 5.91 Å². The van der Waals surface area contributed by atoms with Gasteiger partial charge in [0.1, 0.15) is 5.75 Å². The Morgan fingerprint density at radius 1 is 0.892 bits per heavy atom. The van der Waals surface area contributed by atoms with E-state index in [0.29, 0.717) is 18.7 Å². The van der Waals surface area contributed by atoms with E-state index in [1.54, 1.807) is 0 Å². The average molecular weight is 496 g/mol. The summed E-state index contributed by atoms with van der Waals surface area (Å²) in [5, 5.41) is 4.02. The summed E-state index contributed by atoms with van der Waals surface area (Å²) >= 11 is 0. The van der Waals surface area contributed by atoms with Crippen LogP contribution in [0.4, 0.5) is 0 Å². The number of carbonyl (C=O) groups is 1. The summed E-state index contributed by atoms with van der Waals surface area (Å²) in [4.78, 5) is 20.6. The highest BCUT2D eigenvalue weighted by atomic mass is 16.5. The molecule has 1 N–H and O–H groups in total. The average Bonchev–Trinajstić information content (AvgIpc) is 2.94. The van der Waals surface area contributed by atoms with Crippen molar-refractivity contribution >= 4 is 16.8 Å². The number of fused-ring (bicyclic) bond motifs is 1. The first kappa shape index (κ1) is 26.4. The predicted octanol–water partition coefficient (Wildman–Crippen LogP) is 6.72. The molecule has 3 aromatic carbocycles. The third-order valence-electron chi connectivity index (χ3n) is 6.44. The topological polar surface area (TPSA) is 54.5 Å². The Kier molecular flexibility index (Phi) is 9.67. The fraction of sp³-hybridized carbons (Fsp3) is 0.312. The van der Waals surface area contributed by atoms with Crippen molar-refractivity contribution in [2.24, 2.45) is 0 Å². The molecular weight excluding hydrogens is 458 g/mol. The lowest BCUT2D eigenvalue weighted by molar-refractivity contribution is 0.0953. The van der Waals surface area contributed by atoms with Gasteiger partial charge in [0.2, 0.25) is 0 Å². The number of benzene rings is 3. The standard InChI is InChI=1S/C32H37N3O2/c1-3-5-21-35(24-25-12-7-6-8-13-25)22-11-20-33-32(36)29-23-31(34-30-15-10-9-14-28(29)30)26-16-18-27(19-17-26)37-4-2/h6-10,12-19,23H,3-5,11,20-22,24H2,1-2H3,(H,33,36). The molecule has 4 aromatic rings. The molecule has 1 amide bonds. The molecule has 1 aromatic heterocycles. The molecule has 37 heavy (non-hydrogen) atoms. The molecule has 0 saturated carbocycles. The van der Waals surface area contributed by atoms with Gasteiger partial charge in [-0.1, -0.05) is 61.9 Å². The molecule has 0 unspecified atom stereocenters. The summed E-state index contributed by atoms with van der Waals surface area (Å²) in [6.45, 7) is 8.40. The number of pyridine rings is 1. The maximum Gasteiger partial charge on any atom is 0.252 e. The number of unbranched alkanes of at least 4 members (excludes halogenated alkanes) is 1. The first-order valence-corrected chi connectivity index (χ1v) is 13.4. The van der Waals surface area contributed by atoms with Crippen LogP contribution in [0.25, 0.3) is 22.2 Å². The Bertz CT molecular complexity index is 1270. The van der Waals surface area contributed by atoms with Crippen molar-refractivity contribution < 1.29 is 9.53 Å². The Labute approximate surface area is 220 Å². The van der Waals surface area contributed by atoms with E-state index in [1.165, 1.54) is 18.4 Å². The third kappa shape index (κ3) is 7.40. The molecule has 0 spiro atoms. The summed E-state index contributed by atoms with van der Waals surface area (Å²) in [6, 6.07) is 28.2. The van der Waals surface area contributed by atoms with Crippen molar-refractivity contribution in [1.82, 2.24) is 15.2 Å². The molecule has 0 fully saturated rings. The highest BCUT2D eigenvalue weighted by Crippen LogP contribution is 2.26. The Balaban J connectivity index is 1.43. The van der Waals surface area contributed by atoms with Crippen molar-refractivity contribution in [3.05, 3.63) is 96.1 Å². The molecule has 5 nitrogen and oxygen atoms in total. The van der Waals surface area contributed by atoms with Gasteiger partial charge in [-0.3, -0.25) is 9.69 Å². The second-order valence-electron chi connectivity index (χ2n) is 9.25. The third-order valence-corrected chi connectivity index (χ3v) is 6.44. The molecule has 192 valence electrons. The van der Waals surface area contributed by atoms with Gasteiger partial charge in [0, 0.05) is 30.6 Å². The van der Waals surface area contributed by atoms with Crippen molar-refractivity contribution in [1.29, 1.82) is 0 Å². The Morgan fingerprint density at radius 2 is 1.62 bits per heavy atom. The van der Waals surface area contributed by atoms with Crippen LogP contribution in [0.5, 0.6) is 5.75 Å². The van der Waals surface area contributed by atoms with Gasteiger partial charge < -0.3 is 10.1 Å². The zero-order valence-electron chi connectivity index (χ0n) is 22.0. The maximum absolute atomic E-state index is 13.3. The lowest BCUT2D eigenvalue weighted by atomic mass is 10.0. The van der Waals surface area contributed by atoms with E-state index in [9.17, 15) is 4.79 Å². The molecule has 0 bridgehead atoms. The number of nitrogens with zero attached hydrogens (tertiary/aromatic N) is 2. The first-order chi connectivity index (χ1) is 18.2. The number of aromatic nitrogens is 1. The SMILES string of the molecule is CCCCN(CCCNC(=O)c1cc(-c2ccc(OCC)cc2)nc2ccccc12)Cc1ccccc1. The Hall–Kier alpha value is -3.70. The molecule has 0 atom stereocenters. The minimum atomic E-state index is -0.0612. The summed E-state index contributed by atoms with van der Waals surface area (Å²) < 4.78 is 5.57. The number of carbonyl (C=O) groups excluding carboxylic acids is 1. The van der Waals surface area contributed by atoms with Crippen LogP contribution in [0.15, 0.2) is 84.9 Å². The number of hydrogen-bond donors (Lipinski definition) is 1.